The van der Waals surface area contributed by atoms with E-state index in [1.807, 2.05) is 37.3 Å². The molecule has 3 rings (SSSR count). The molecule has 0 aliphatic carbocycles. The van der Waals surface area contributed by atoms with E-state index in [4.69, 9.17) is 9.47 Å². The zero-order valence-electron chi connectivity index (χ0n) is 18.0. The Labute approximate surface area is 179 Å². The summed E-state index contributed by atoms with van der Waals surface area (Å²) in [5.41, 5.74) is 0. The first-order chi connectivity index (χ1) is 14.6. The zero-order chi connectivity index (χ0) is 21.2. The third-order valence-corrected chi connectivity index (χ3v) is 5.93. The Bertz CT molecular complexity index is 656. The van der Waals surface area contributed by atoms with Gasteiger partial charge in [-0.05, 0) is 31.9 Å². The van der Waals surface area contributed by atoms with Crippen molar-refractivity contribution in [2.24, 2.45) is 0 Å². The van der Waals surface area contributed by atoms with Crippen molar-refractivity contribution in [1.82, 2.24) is 10.2 Å². The minimum atomic E-state index is -0.249. The Kier molecular flexibility index (Phi) is 8.77. The summed E-state index contributed by atoms with van der Waals surface area (Å²) in [4.78, 5) is 28.8. The number of benzene rings is 1. The Morgan fingerprint density at radius 3 is 2.40 bits per heavy atom. The highest BCUT2D eigenvalue weighted by Crippen LogP contribution is 2.11. The maximum absolute atomic E-state index is 12.4. The van der Waals surface area contributed by atoms with Crippen LogP contribution in [0.25, 0.3) is 0 Å². The van der Waals surface area contributed by atoms with Crippen LogP contribution in [0.2, 0.25) is 0 Å². The van der Waals surface area contributed by atoms with Gasteiger partial charge in [-0.1, -0.05) is 18.2 Å². The Morgan fingerprint density at radius 2 is 1.73 bits per heavy atom. The van der Waals surface area contributed by atoms with Crippen LogP contribution in [0.3, 0.4) is 0 Å². The molecule has 2 aliphatic rings. The lowest BCUT2D eigenvalue weighted by atomic mass is 10.1. The van der Waals surface area contributed by atoms with Crippen molar-refractivity contribution >= 4 is 12.0 Å². The Hall–Kier alpha value is -2.32. The van der Waals surface area contributed by atoms with Crippen LogP contribution in [-0.4, -0.2) is 88.5 Å². The van der Waals surface area contributed by atoms with Gasteiger partial charge in [0.05, 0.1) is 6.61 Å². The molecule has 0 bridgehead atoms. The van der Waals surface area contributed by atoms with Gasteiger partial charge in [0.1, 0.15) is 45.1 Å². The van der Waals surface area contributed by atoms with Crippen molar-refractivity contribution in [2.75, 3.05) is 65.6 Å². The number of para-hydroxylation sites is 1. The fraction of sp³-hybridized carbons (Fsp3) is 0.636. The van der Waals surface area contributed by atoms with E-state index in [-0.39, 0.29) is 18.0 Å². The number of piperazine rings is 1. The Morgan fingerprint density at radius 1 is 1.07 bits per heavy atom. The topological polar surface area (TPSA) is 76.8 Å². The number of hydrogen-bond donors (Lipinski definition) is 3. The van der Waals surface area contributed by atoms with Gasteiger partial charge in [-0.15, -0.1) is 0 Å². The van der Waals surface area contributed by atoms with Gasteiger partial charge >= 0.3 is 6.09 Å². The lowest BCUT2D eigenvalue weighted by Crippen LogP contribution is -3.28. The van der Waals surface area contributed by atoms with E-state index in [0.29, 0.717) is 26.2 Å². The van der Waals surface area contributed by atoms with Gasteiger partial charge in [-0.25, -0.2) is 4.79 Å². The molecule has 30 heavy (non-hydrogen) atoms. The van der Waals surface area contributed by atoms with Crippen LogP contribution >= 0.6 is 0 Å². The molecule has 2 heterocycles. The monoisotopic (exact) mass is 420 g/mol. The molecule has 2 aliphatic heterocycles. The maximum atomic E-state index is 12.4. The van der Waals surface area contributed by atoms with E-state index >= 15 is 0 Å². The smallest absolute Gasteiger partial charge is 0.409 e. The molecular weight excluding hydrogens is 384 g/mol. The van der Waals surface area contributed by atoms with Gasteiger partial charge in [0.2, 0.25) is 0 Å². The number of quaternary nitrogens is 2. The summed E-state index contributed by atoms with van der Waals surface area (Å²) in [6.07, 6.45) is 1.33. The molecule has 166 valence electrons. The van der Waals surface area contributed by atoms with E-state index in [0.717, 1.165) is 57.9 Å². The van der Waals surface area contributed by atoms with Crippen molar-refractivity contribution < 1.29 is 28.9 Å². The second kappa shape index (κ2) is 11.8. The third kappa shape index (κ3) is 7.18. The molecule has 0 spiro atoms. The van der Waals surface area contributed by atoms with Crippen LogP contribution in [0, 0.1) is 0 Å². The summed E-state index contributed by atoms with van der Waals surface area (Å²) in [6, 6.07) is 10.1. The fourth-order valence-corrected chi connectivity index (χ4v) is 4.14. The molecule has 1 aromatic rings. The minimum absolute atomic E-state index is 0.121. The standard InChI is InChI=1S/C22H34N4O4/c1-2-29-22(28)26-10-8-19(9-11-26)23-21(27)18-25-14-12-24(13-15-25)16-17-30-20-6-4-3-5-7-20/h3-7,19H,2,8-18H2,1H3,(H,23,27)/p+2. The van der Waals surface area contributed by atoms with Crippen LogP contribution in [0.5, 0.6) is 5.75 Å². The van der Waals surface area contributed by atoms with Crippen molar-refractivity contribution in [1.29, 1.82) is 0 Å². The number of carbonyl (C=O) groups is 2. The predicted molar refractivity (Wildman–Crippen MR) is 113 cm³/mol. The van der Waals surface area contributed by atoms with E-state index in [1.54, 1.807) is 9.80 Å². The van der Waals surface area contributed by atoms with Gasteiger partial charge in [-0.2, -0.15) is 0 Å². The summed E-state index contributed by atoms with van der Waals surface area (Å²) in [5, 5.41) is 3.16. The number of piperidine rings is 1. The number of amides is 2. The number of nitrogens with one attached hydrogen (secondary N) is 3. The van der Waals surface area contributed by atoms with E-state index in [2.05, 4.69) is 5.32 Å². The highest BCUT2D eigenvalue weighted by Gasteiger charge is 2.28. The second-order valence-electron chi connectivity index (χ2n) is 8.12. The van der Waals surface area contributed by atoms with Crippen molar-refractivity contribution in [3.8, 4) is 5.75 Å². The van der Waals surface area contributed by atoms with Gasteiger partial charge in [0.25, 0.3) is 5.91 Å². The zero-order valence-corrected chi connectivity index (χ0v) is 18.0. The van der Waals surface area contributed by atoms with Crippen molar-refractivity contribution in [2.45, 2.75) is 25.8 Å². The first kappa shape index (κ1) is 22.4. The van der Waals surface area contributed by atoms with Crippen LogP contribution < -0.4 is 19.9 Å². The molecule has 0 unspecified atom stereocenters. The van der Waals surface area contributed by atoms with Crippen LogP contribution in [0.1, 0.15) is 19.8 Å². The average Bonchev–Trinajstić information content (AvgIpc) is 2.76. The van der Waals surface area contributed by atoms with E-state index in [9.17, 15) is 9.59 Å². The average molecular weight is 421 g/mol. The molecule has 8 heteroatoms. The van der Waals surface area contributed by atoms with Crippen LogP contribution in [0.4, 0.5) is 4.79 Å². The number of rotatable bonds is 8. The summed E-state index contributed by atoms with van der Waals surface area (Å²) >= 11 is 0. The largest absolute Gasteiger partial charge is 0.488 e. The summed E-state index contributed by atoms with van der Waals surface area (Å²) in [5.74, 6) is 1.04. The van der Waals surface area contributed by atoms with Crippen LogP contribution in [-0.2, 0) is 9.53 Å². The van der Waals surface area contributed by atoms with Crippen LogP contribution in [0.15, 0.2) is 30.3 Å². The summed E-state index contributed by atoms with van der Waals surface area (Å²) in [7, 11) is 0. The highest BCUT2D eigenvalue weighted by molar-refractivity contribution is 5.77. The van der Waals surface area contributed by atoms with Crippen molar-refractivity contribution in [3.05, 3.63) is 30.3 Å². The number of hydrogen-bond acceptors (Lipinski definition) is 4. The molecule has 8 nitrogen and oxygen atoms in total. The first-order valence-corrected chi connectivity index (χ1v) is 11.2. The lowest BCUT2D eigenvalue weighted by Gasteiger charge is -2.32. The quantitative estimate of drug-likeness (QED) is 0.483. The molecule has 0 atom stereocenters. The molecule has 2 saturated heterocycles. The lowest BCUT2D eigenvalue weighted by molar-refractivity contribution is -1.01. The highest BCUT2D eigenvalue weighted by atomic mass is 16.6. The fourth-order valence-electron chi connectivity index (χ4n) is 4.14. The molecule has 2 fully saturated rings. The minimum Gasteiger partial charge on any atom is -0.488 e. The molecule has 2 amide bonds. The van der Waals surface area contributed by atoms with Gasteiger partial charge in [0, 0.05) is 19.1 Å². The van der Waals surface area contributed by atoms with E-state index in [1.165, 1.54) is 4.90 Å². The van der Waals surface area contributed by atoms with Gasteiger partial charge < -0.3 is 29.5 Å². The predicted octanol–water partition coefficient (Wildman–Crippen LogP) is -1.41. The summed E-state index contributed by atoms with van der Waals surface area (Å²) in [6.45, 7) is 9.90. The SMILES string of the molecule is CCOC(=O)N1CCC(NC(=O)C[NH+]2CC[NH+](CCOc3ccccc3)CC2)CC1. The number of carbonyl (C=O) groups excluding carboxylic acids is 2. The molecule has 3 N–H and O–H groups in total. The van der Waals surface area contributed by atoms with E-state index < -0.39 is 0 Å². The number of ether oxygens (including phenoxy) is 2. The number of nitrogens with zero attached hydrogens (tertiary/aromatic N) is 1. The maximum Gasteiger partial charge on any atom is 0.409 e. The molecule has 0 aromatic heterocycles. The number of likely N-dealkylation sites (tertiary alicyclic amines) is 1. The van der Waals surface area contributed by atoms with Crippen molar-refractivity contribution in [3.63, 3.8) is 0 Å². The Balaban J connectivity index is 1.27. The second-order valence-corrected chi connectivity index (χ2v) is 8.12. The van der Waals surface area contributed by atoms with Gasteiger partial charge in [0.15, 0.2) is 6.54 Å². The summed E-state index contributed by atoms with van der Waals surface area (Å²) < 4.78 is 10.8. The first-order valence-electron chi connectivity index (χ1n) is 11.2. The molecule has 1 aromatic carbocycles. The molecule has 0 saturated carbocycles. The molecular formula is C22H36N4O4+2. The normalized spacial score (nSPS) is 22.4. The van der Waals surface area contributed by atoms with Gasteiger partial charge in [-0.3, -0.25) is 4.79 Å². The molecule has 0 radical (unpaired) electrons. The third-order valence-electron chi connectivity index (χ3n) is 5.93.